The van der Waals surface area contributed by atoms with E-state index in [0.29, 0.717) is 12.3 Å². The molecule has 1 atom stereocenters. The van der Waals surface area contributed by atoms with Crippen molar-refractivity contribution < 1.29 is 4.79 Å². The molecule has 0 amide bonds. The summed E-state index contributed by atoms with van der Waals surface area (Å²) in [6.07, 6.45) is 7.66. The molecule has 0 bridgehead atoms. The van der Waals surface area contributed by atoms with E-state index in [-0.39, 0.29) is 0 Å². The first-order chi connectivity index (χ1) is 5.16. The molecular weight excluding hydrogens is 136 g/mol. The van der Waals surface area contributed by atoms with Gasteiger partial charge in [0, 0.05) is 6.42 Å². The summed E-state index contributed by atoms with van der Waals surface area (Å²) in [7, 11) is 0. The van der Waals surface area contributed by atoms with Crippen LogP contribution < -0.4 is 0 Å². The first kappa shape index (κ1) is 10.2. The molecule has 0 aromatic rings. The number of carbonyl (C=O) groups is 1. The minimum Gasteiger partial charge on any atom is -0.303 e. The summed E-state index contributed by atoms with van der Waals surface area (Å²) < 4.78 is 0. The van der Waals surface area contributed by atoms with Gasteiger partial charge in [0.2, 0.25) is 0 Å². The number of rotatable bonds is 4. The second-order valence-corrected chi connectivity index (χ2v) is 3.01. The van der Waals surface area contributed by atoms with E-state index in [1.165, 1.54) is 5.57 Å². The topological polar surface area (TPSA) is 17.1 Å². The largest absolute Gasteiger partial charge is 0.303 e. The zero-order chi connectivity index (χ0) is 8.69. The Kier molecular flexibility index (Phi) is 5.44. The van der Waals surface area contributed by atoms with Gasteiger partial charge in [0.05, 0.1) is 0 Å². The highest BCUT2D eigenvalue weighted by Gasteiger charge is 1.91. The van der Waals surface area contributed by atoms with E-state index >= 15 is 0 Å². The summed E-state index contributed by atoms with van der Waals surface area (Å²) in [5.74, 6) is 0.364. The van der Waals surface area contributed by atoms with Crippen molar-refractivity contribution in [2.75, 3.05) is 0 Å². The van der Waals surface area contributed by atoms with Gasteiger partial charge in [-0.2, -0.15) is 0 Å². The Morgan fingerprint density at radius 2 is 2.09 bits per heavy atom. The summed E-state index contributed by atoms with van der Waals surface area (Å²) in [5, 5.41) is 0. The minimum absolute atomic E-state index is 0.364. The van der Waals surface area contributed by atoms with Crippen molar-refractivity contribution in [2.24, 2.45) is 5.92 Å². The van der Waals surface area contributed by atoms with Crippen LogP contribution in [0.4, 0.5) is 0 Å². The van der Waals surface area contributed by atoms with E-state index in [0.717, 1.165) is 6.29 Å². The van der Waals surface area contributed by atoms with Gasteiger partial charge in [-0.15, -0.1) is 0 Å². The third kappa shape index (κ3) is 7.04. The molecule has 0 aromatic heterocycles. The van der Waals surface area contributed by atoms with Gasteiger partial charge in [-0.3, -0.25) is 0 Å². The maximum absolute atomic E-state index is 10.1. The summed E-state index contributed by atoms with van der Waals surface area (Å²) in [5.41, 5.74) is 1.28. The Labute approximate surface area is 68.8 Å². The Balaban J connectivity index is 3.73. The molecule has 0 aliphatic rings. The highest BCUT2D eigenvalue weighted by Crippen LogP contribution is 2.01. The summed E-state index contributed by atoms with van der Waals surface area (Å²) in [6, 6.07) is 0. The Morgan fingerprint density at radius 3 is 2.55 bits per heavy atom. The monoisotopic (exact) mass is 152 g/mol. The van der Waals surface area contributed by atoms with Gasteiger partial charge in [-0.05, 0) is 19.8 Å². The molecule has 0 radical (unpaired) electrons. The predicted molar refractivity (Wildman–Crippen MR) is 48.4 cm³/mol. The molecule has 0 N–H and O–H groups in total. The van der Waals surface area contributed by atoms with Crippen molar-refractivity contribution in [1.29, 1.82) is 0 Å². The molecule has 0 saturated heterocycles. The van der Waals surface area contributed by atoms with Crippen molar-refractivity contribution in [3.63, 3.8) is 0 Å². The van der Waals surface area contributed by atoms with E-state index in [9.17, 15) is 4.79 Å². The van der Waals surface area contributed by atoms with Crippen molar-refractivity contribution >= 4 is 6.29 Å². The van der Waals surface area contributed by atoms with Gasteiger partial charge >= 0.3 is 0 Å². The zero-order valence-electron chi connectivity index (χ0n) is 7.50. The lowest BCUT2D eigenvalue weighted by Gasteiger charge is -1.96. The average Bonchev–Trinajstić information content (AvgIpc) is 1.87. The van der Waals surface area contributed by atoms with Crippen LogP contribution in [0.2, 0.25) is 0 Å². The third-order valence-corrected chi connectivity index (χ3v) is 1.34. The van der Waals surface area contributed by atoms with Crippen LogP contribution >= 0.6 is 0 Å². The summed E-state index contributed by atoms with van der Waals surface area (Å²) in [4.78, 5) is 10.1. The molecule has 0 saturated carbocycles. The highest BCUT2D eigenvalue weighted by atomic mass is 16.1. The lowest BCUT2D eigenvalue weighted by atomic mass is 10.1. The van der Waals surface area contributed by atoms with E-state index in [2.05, 4.69) is 13.8 Å². The van der Waals surface area contributed by atoms with Crippen LogP contribution in [-0.2, 0) is 4.79 Å². The van der Waals surface area contributed by atoms with Gasteiger partial charge in [0.25, 0.3) is 0 Å². The van der Waals surface area contributed by atoms with Gasteiger partial charge in [-0.1, -0.05) is 30.7 Å². The molecule has 62 valence electrons. The van der Waals surface area contributed by atoms with Crippen LogP contribution in [0.5, 0.6) is 0 Å². The molecule has 0 heterocycles. The Morgan fingerprint density at radius 1 is 1.45 bits per heavy atom. The molecular formula is C10H16O. The quantitative estimate of drug-likeness (QED) is 0.447. The molecule has 0 rings (SSSR count). The van der Waals surface area contributed by atoms with Crippen LogP contribution in [-0.4, -0.2) is 6.29 Å². The normalized spacial score (nSPS) is 13.0. The fraction of sp³-hybridized carbons (Fsp3) is 0.500. The lowest BCUT2D eigenvalue weighted by Crippen LogP contribution is -1.88. The number of hydrogen-bond donors (Lipinski definition) is 0. The smallest absolute Gasteiger partial charge is 0.120 e. The standard InChI is InChI=1S/C10H16O/c1-9(2)5-4-6-10(3)7-8-11/h4-6,8,10H,7H2,1-3H3/b6-4+. The van der Waals surface area contributed by atoms with Gasteiger partial charge in [0.1, 0.15) is 6.29 Å². The molecule has 0 aliphatic heterocycles. The van der Waals surface area contributed by atoms with E-state index < -0.39 is 0 Å². The maximum Gasteiger partial charge on any atom is 0.120 e. The molecule has 11 heavy (non-hydrogen) atoms. The van der Waals surface area contributed by atoms with Crippen molar-refractivity contribution in [1.82, 2.24) is 0 Å². The molecule has 1 heteroatoms. The first-order valence-corrected chi connectivity index (χ1v) is 3.92. The van der Waals surface area contributed by atoms with Gasteiger partial charge < -0.3 is 4.79 Å². The van der Waals surface area contributed by atoms with Crippen LogP contribution in [0.1, 0.15) is 27.2 Å². The number of hydrogen-bond acceptors (Lipinski definition) is 1. The molecule has 0 spiro atoms. The van der Waals surface area contributed by atoms with Crippen molar-refractivity contribution in [3.8, 4) is 0 Å². The van der Waals surface area contributed by atoms with Gasteiger partial charge in [-0.25, -0.2) is 0 Å². The average molecular weight is 152 g/mol. The van der Waals surface area contributed by atoms with Crippen LogP contribution in [0, 0.1) is 5.92 Å². The number of allylic oxidation sites excluding steroid dienone is 4. The van der Waals surface area contributed by atoms with Crippen LogP contribution in [0.15, 0.2) is 23.8 Å². The Bertz CT molecular complexity index is 162. The Hall–Kier alpha value is -0.850. The van der Waals surface area contributed by atoms with Crippen molar-refractivity contribution in [2.45, 2.75) is 27.2 Å². The predicted octanol–water partition coefficient (Wildman–Crippen LogP) is 2.73. The van der Waals surface area contributed by atoms with Crippen molar-refractivity contribution in [3.05, 3.63) is 23.8 Å². The van der Waals surface area contributed by atoms with E-state index in [4.69, 9.17) is 0 Å². The lowest BCUT2D eigenvalue weighted by molar-refractivity contribution is -0.108. The highest BCUT2D eigenvalue weighted by molar-refractivity contribution is 5.50. The van der Waals surface area contributed by atoms with E-state index in [1.54, 1.807) is 0 Å². The maximum atomic E-state index is 10.1. The van der Waals surface area contributed by atoms with Crippen LogP contribution in [0.3, 0.4) is 0 Å². The number of aldehydes is 1. The fourth-order valence-electron chi connectivity index (χ4n) is 0.668. The first-order valence-electron chi connectivity index (χ1n) is 3.92. The fourth-order valence-corrected chi connectivity index (χ4v) is 0.668. The number of carbonyl (C=O) groups excluding carboxylic acids is 1. The second kappa shape index (κ2) is 5.90. The zero-order valence-corrected chi connectivity index (χ0v) is 7.50. The molecule has 1 unspecified atom stereocenters. The van der Waals surface area contributed by atoms with E-state index in [1.807, 2.05) is 25.2 Å². The molecule has 0 fully saturated rings. The molecule has 0 aliphatic carbocycles. The molecule has 0 aromatic carbocycles. The van der Waals surface area contributed by atoms with Gasteiger partial charge in [0.15, 0.2) is 0 Å². The molecule has 1 nitrogen and oxygen atoms in total. The minimum atomic E-state index is 0.364. The van der Waals surface area contributed by atoms with Crippen LogP contribution in [0.25, 0.3) is 0 Å². The summed E-state index contributed by atoms with van der Waals surface area (Å²) in [6.45, 7) is 6.13. The second-order valence-electron chi connectivity index (χ2n) is 3.01. The third-order valence-electron chi connectivity index (χ3n) is 1.34. The SMILES string of the molecule is CC(C)=C/C=C/C(C)CC=O. The summed E-state index contributed by atoms with van der Waals surface area (Å²) >= 11 is 0.